The zero-order valence-corrected chi connectivity index (χ0v) is 9.42. The highest BCUT2D eigenvalue weighted by atomic mass is 16.5. The maximum atomic E-state index is 5.94. The van der Waals surface area contributed by atoms with E-state index in [-0.39, 0.29) is 5.60 Å². The van der Waals surface area contributed by atoms with Crippen molar-refractivity contribution in [2.45, 2.75) is 38.2 Å². The Morgan fingerprint density at radius 2 is 2.29 bits per heavy atom. The maximum absolute atomic E-state index is 5.94. The molecule has 0 aromatic heterocycles. The van der Waals surface area contributed by atoms with Crippen molar-refractivity contribution in [1.82, 2.24) is 0 Å². The van der Waals surface area contributed by atoms with Gasteiger partial charge in [0.15, 0.2) is 0 Å². The average molecular weight is 201 g/mol. The molecule has 1 aliphatic heterocycles. The fraction of sp³-hybridized carbons (Fsp3) is 1.00. The van der Waals surface area contributed by atoms with E-state index in [1.807, 2.05) is 0 Å². The molecule has 1 saturated heterocycles. The summed E-state index contributed by atoms with van der Waals surface area (Å²) in [5.41, 5.74) is 5.53. The average Bonchev–Trinajstić information content (AvgIpc) is 2.20. The van der Waals surface area contributed by atoms with E-state index < -0.39 is 0 Å². The van der Waals surface area contributed by atoms with Crippen molar-refractivity contribution in [3.63, 3.8) is 0 Å². The lowest BCUT2D eigenvalue weighted by Gasteiger charge is -2.41. The SMILES string of the molecule is COCC1(C(C)CCN)CCCCO1. The van der Waals surface area contributed by atoms with E-state index in [4.69, 9.17) is 15.2 Å². The topological polar surface area (TPSA) is 44.5 Å². The van der Waals surface area contributed by atoms with E-state index in [1.54, 1.807) is 7.11 Å². The molecule has 0 bridgehead atoms. The molecule has 1 rings (SSSR count). The Bertz CT molecular complexity index is 150. The van der Waals surface area contributed by atoms with Gasteiger partial charge in [-0.2, -0.15) is 0 Å². The van der Waals surface area contributed by atoms with E-state index in [0.717, 1.165) is 26.0 Å². The largest absolute Gasteiger partial charge is 0.382 e. The molecule has 84 valence electrons. The van der Waals surface area contributed by atoms with Crippen LogP contribution in [0.15, 0.2) is 0 Å². The molecule has 0 radical (unpaired) electrons. The molecule has 3 nitrogen and oxygen atoms in total. The quantitative estimate of drug-likeness (QED) is 0.734. The van der Waals surface area contributed by atoms with Crippen LogP contribution in [-0.2, 0) is 9.47 Å². The number of hydrogen-bond acceptors (Lipinski definition) is 3. The van der Waals surface area contributed by atoms with Crippen molar-refractivity contribution >= 4 is 0 Å². The number of hydrogen-bond donors (Lipinski definition) is 1. The Balaban J connectivity index is 2.58. The zero-order chi connectivity index (χ0) is 10.4. The van der Waals surface area contributed by atoms with Crippen LogP contribution in [-0.4, -0.2) is 32.5 Å². The van der Waals surface area contributed by atoms with Crippen LogP contribution in [0.1, 0.15) is 32.6 Å². The van der Waals surface area contributed by atoms with Gasteiger partial charge in [-0.15, -0.1) is 0 Å². The number of ether oxygens (including phenoxy) is 2. The molecule has 14 heavy (non-hydrogen) atoms. The van der Waals surface area contributed by atoms with Crippen molar-refractivity contribution < 1.29 is 9.47 Å². The van der Waals surface area contributed by atoms with Gasteiger partial charge in [0.25, 0.3) is 0 Å². The first-order valence-electron chi connectivity index (χ1n) is 5.58. The molecular formula is C11H23NO2. The Morgan fingerprint density at radius 3 is 2.79 bits per heavy atom. The number of methoxy groups -OCH3 is 1. The molecule has 0 amide bonds. The van der Waals surface area contributed by atoms with Gasteiger partial charge in [0.05, 0.1) is 12.2 Å². The van der Waals surface area contributed by atoms with Crippen LogP contribution in [0.3, 0.4) is 0 Å². The first-order chi connectivity index (χ1) is 6.75. The summed E-state index contributed by atoms with van der Waals surface area (Å²) in [6, 6.07) is 0. The van der Waals surface area contributed by atoms with Crippen LogP contribution in [0.25, 0.3) is 0 Å². The van der Waals surface area contributed by atoms with Gasteiger partial charge in [-0.05, 0) is 38.1 Å². The smallest absolute Gasteiger partial charge is 0.0940 e. The van der Waals surface area contributed by atoms with Gasteiger partial charge in [-0.25, -0.2) is 0 Å². The first-order valence-corrected chi connectivity index (χ1v) is 5.58. The first kappa shape index (κ1) is 12.0. The molecule has 0 aliphatic carbocycles. The summed E-state index contributed by atoms with van der Waals surface area (Å²) in [7, 11) is 1.74. The van der Waals surface area contributed by atoms with Gasteiger partial charge >= 0.3 is 0 Å². The van der Waals surface area contributed by atoms with Gasteiger partial charge in [0.2, 0.25) is 0 Å². The van der Waals surface area contributed by atoms with Gasteiger partial charge < -0.3 is 15.2 Å². The third-order valence-corrected chi connectivity index (χ3v) is 3.27. The molecule has 0 saturated carbocycles. The van der Waals surface area contributed by atoms with E-state index in [0.29, 0.717) is 12.5 Å². The van der Waals surface area contributed by atoms with Crippen molar-refractivity contribution in [2.75, 3.05) is 26.9 Å². The van der Waals surface area contributed by atoms with E-state index in [9.17, 15) is 0 Å². The predicted molar refractivity (Wildman–Crippen MR) is 57.2 cm³/mol. The second-order valence-corrected chi connectivity index (χ2v) is 4.28. The summed E-state index contributed by atoms with van der Waals surface area (Å²) in [5, 5.41) is 0. The molecule has 0 aromatic rings. The maximum Gasteiger partial charge on any atom is 0.0940 e. The van der Waals surface area contributed by atoms with Crippen LogP contribution in [0.5, 0.6) is 0 Å². The lowest BCUT2D eigenvalue weighted by molar-refractivity contribution is -0.146. The van der Waals surface area contributed by atoms with Crippen molar-refractivity contribution in [1.29, 1.82) is 0 Å². The number of rotatable bonds is 5. The standard InChI is InChI=1S/C11H23NO2/c1-10(5-7-12)11(9-13-2)6-3-4-8-14-11/h10H,3-9,12H2,1-2H3. The highest BCUT2D eigenvalue weighted by Crippen LogP contribution is 2.34. The summed E-state index contributed by atoms with van der Waals surface area (Å²) < 4.78 is 11.2. The molecule has 3 heteroatoms. The van der Waals surface area contributed by atoms with E-state index in [2.05, 4.69) is 6.92 Å². The third-order valence-electron chi connectivity index (χ3n) is 3.27. The highest BCUT2D eigenvalue weighted by Gasteiger charge is 2.38. The lowest BCUT2D eigenvalue weighted by Crippen LogP contribution is -2.47. The summed E-state index contributed by atoms with van der Waals surface area (Å²) in [4.78, 5) is 0. The molecule has 1 aliphatic rings. The summed E-state index contributed by atoms with van der Waals surface area (Å²) in [6.45, 7) is 4.53. The summed E-state index contributed by atoms with van der Waals surface area (Å²) >= 11 is 0. The van der Waals surface area contributed by atoms with Crippen LogP contribution in [0.4, 0.5) is 0 Å². The van der Waals surface area contributed by atoms with Gasteiger partial charge in [-0.1, -0.05) is 6.92 Å². The van der Waals surface area contributed by atoms with Gasteiger partial charge in [0.1, 0.15) is 0 Å². The fourth-order valence-electron chi connectivity index (χ4n) is 2.28. The normalized spacial score (nSPS) is 30.2. The fourth-order valence-corrected chi connectivity index (χ4v) is 2.28. The van der Waals surface area contributed by atoms with Crippen LogP contribution in [0, 0.1) is 5.92 Å². The molecule has 2 unspecified atom stereocenters. The Hall–Kier alpha value is -0.120. The number of nitrogens with two attached hydrogens (primary N) is 1. The minimum absolute atomic E-state index is 0.0631. The van der Waals surface area contributed by atoms with Gasteiger partial charge in [0, 0.05) is 13.7 Å². The summed E-state index contributed by atoms with van der Waals surface area (Å²) in [5.74, 6) is 0.493. The molecular weight excluding hydrogens is 178 g/mol. The molecule has 0 aromatic carbocycles. The van der Waals surface area contributed by atoms with E-state index in [1.165, 1.54) is 12.8 Å². The minimum Gasteiger partial charge on any atom is -0.382 e. The lowest BCUT2D eigenvalue weighted by atomic mass is 9.81. The molecule has 1 heterocycles. The Kier molecular flexibility index (Phi) is 4.85. The van der Waals surface area contributed by atoms with Crippen molar-refractivity contribution in [3.8, 4) is 0 Å². The van der Waals surface area contributed by atoms with E-state index >= 15 is 0 Å². The highest BCUT2D eigenvalue weighted by molar-refractivity contribution is 4.88. The second kappa shape index (κ2) is 5.69. The second-order valence-electron chi connectivity index (χ2n) is 4.28. The molecule has 0 spiro atoms. The van der Waals surface area contributed by atoms with Crippen molar-refractivity contribution in [3.05, 3.63) is 0 Å². The van der Waals surface area contributed by atoms with Crippen LogP contribution >= 0.6 is 0 Å². The third kappa shape index (κ3) is 2.69. The molecule has 2 atom stereocenters. The Labute approximate surface area is 86.9 Å². The monoisotopic (exact) mass is 201 g/mol. The van der Waals surface area contributed by atoms with Gasteiger partial charge in [-0.3, -0.25) is 0 Å². The van der Waals surface area contributed by atoms with Crippen molar-refractivity contribution in [2.24, 2.45) is 11.7 Å². The Morgan fingerprint density at radius 1 is 1.50 bits per heavy atom. The van der Waals surface area contributed by atoms with Crippen LogP contribution < -0.4 is 5.73 Å². The minimum atomic E-state index is -0.0631. The molecule has 1 fully saturated rings. The van der Waals surface area contributed by atoms with Crippen LogP contribution in [0.2, 0.25) is 0 Å². The zero-order valence-electron chi connectivity index (χ0n) is 9.42. The summed E-state index contributed by atoms with van der Waals surface area (Å²) in [6.07, 6.45) is 4.56. The molecule has 2 N–H and O–H groups in total. The predicted octanol–water partition coefficient (Wildman–Crippen LogP) is 1.56.